The second-order valence-electron chi connectivity index (χ2n) is 10.9. The van der Waals surface area contributed by atoms with Crippen LogP contribution in [0.1, 0.15) is 88.3 Å². The van der Waals surface area contributed by atoms with E-state index in [-0.39, 0.29) is 23.3 Å². The van der Waals surface area contributed by atoms with E-state index in [0.29, 0.717) is 35.4 Å². The maximum absolute atomic E-state index is 13.8. The fourth-order valence-electron chi connectivity index (χ4n) is 4.83. The maximum Gasteiger partial charge on any atom is 0.295 e. The summed E-state index contributed by atoms with van der Waals surface area (Å²) in [7, 11) is 0. The van der Waals surface area contributed by atoms with Crippen LogP contribution in [-0.4, -0.2) is 40.2 Å². The minimum absolute atomic E-state index is 0.0902. The molecule has 2 saturated carbocycles. The molecular weight excluding hydrogens is 508 g/mol. The van der Waals surface area contributed by atoms with Gasteiger partial charge < -0.3 is 5.32 Å². The van der Waals surface area contributed by atoms with Crippen molar-refractivity contribution in [2.75, 3.05) is 11.1 Å². The quantitative estimate of drug-likeness (QED) is 0.251. The zero-order valence-electron chi connectivity index (χ0n) is 22.9. The smallest absolute Gasteiger partial charge is 0.295 e. The number of anilines is 1. The molecule has 0 aliphatic heterocycles. The summed E-state index contributed by atoms with van der Waals surface area (Å²) in [5.41, 5.74) is 4.81. The lowest BCUT2D eigenvalue weighted by Gasteiger charge is -2.22. The van der Waals surface area contributed by atoms with Gasteiger partial charge in [-0.05, 0) is 56.4 Å². The number of hydrogen-bond acceptors (Lipinski definition) is 9. The molecule has 0 saturated heterocycles. The fraction of sp³-hybridized carbons (Fsp3) is 0.483. The van der Waals surface area contributed by atoms with Crippen molar-refractivity contribution in [2.45, 2.75) is 82.7 Å². The first kappa shape index (κ1) is 25.9. The summed E-state index contributed by atoms with van der Waals surface area (Å²) in [6.07, 6.45) is 9.80. The Morgan fingerprint density at radius 1 is 0.974 bits per heavy atom. The highest BCUT2D eigenvalue weighted by Gasteiger charge is 2.35. The first-order valence-corrected chi connectivity index (χ1v) is 14.9. The van der Waals surface area contributed by atoms with E-state index in [0.717, 1.165) is 59.0 Å². The van der Waals surface area contributed by atoms with Crippen LogP contribution < -0.4 is 10.9 Å². The molecule has 10 heteroatoms. The largest absolute Gasteiger partial charge is 0.360 e. The Balaban J connectivity index is 1.42. The molecular formula is C29H34N8OS. The van der Waals surface area contributed by atoms with Gasteiger partial charge in [0, 0.05) is 29.0 Å². The summed E-state index contributed by atoms with van der Waals surface area (Å²) in [6.45, 7) is 8.79. The average molecular weight is 543 g/mol. The van der Waals surface area contributed by atoms with Crippen LogP contribution in [0.5, 0.6) is 0 Å². The summed E-state index contributed by atoms with van der Waals surface area (Å²) >= 11 is 1.75. The monoisotopic (exact) mass is 542 g/mol. The lowest BCUT2D eigenvalue weighted by molar-refractivity contribution is 0.406. The second-order valence-corrected chi connectivity index (χ2v) is 12.2. The lowest BCUT2D eigenvalue weighted by atomic mass is 10.0. The van der Waals surface area contributed by atoms with E-state index in [1.165, 1.54) is 0 Å². The van der Waals surface area contributed by atoms with Crippen LogP contribution in [-0.2, 0) is 6.54 Å². The van der Waals surface area contributed by atoms with Crippen molar-refractivity contribution in [1.29, 1.82) is 0 Å². The van der Waals surface area contributed by atoms with Crippen molar-refractivity contribution < 1.29 is 0 Å². The minimum atomic E-state index is -0.194. The van der Waals surface area contributed by atoms with Crippen LogP contribution in [0.2, 0.25) is 0 Å². The number of rotatable bonds is 10. The molecule has 2 fully saturated rings. The molecule has 6 rings (SSSR count). The average Bonchev–Trinajstić information content (AvgIpc) is 3.86. The third-order valence-corrected chi connectivity index (χ3v) is 8.47. The summed E-state index contributed by atoms with van der Waals surface area (Å²) in [4.78, 5) is 43.3. The van der Waals surface area contributed by atoms with Gasteiger partial charge in [-0.15, -0.1) is 11.8 Å². The Bertz CT molecular complexity index is 1530. The van der Waals surface area contributed by atoms with E-state index >= 15 is 0 Å². The molecule has 39 heavy (non-hydrogen) atoms. The first-order chi connectivity index (χ1) is 18.9. The van der Waals surface area contributed by atoms with Gasteiger partial charge in [0.25, 0.3) is 5.56 Å². The molecule has 2 aliphatic carbocycles. The van der Waals surface area contributed by atoms with Gasteiger partial charge in [0.05, 0.1) is 35.4 Å². The molecule has 0 spiro atoms. The normalized spacial score (nSPS) is 16.1. The van der Waals surface area contributed by atoms with E-state index in [1.807, 2.05) is 12.3 Å². The van der Waals surface area contributed by atoms with Crippen molar-refractivity contribution in [3.63, 3.8) is 0 Å². The Hall–Kier alpha value is -3.40. The predicted octanol–water partition coefficient (Wildman–Crippen LogP) is 5.73. The van der Waals surface area contributed by atoms with E-state index in [4.69, 9.17) is 9.97 Å². The van der Waals surface area contributed by atoms with Crippen molar-refractivity contribution in [3.8, 4) is 11.4 Å². The number of hydrogen-bond donors (Lipinski definition) is 1. The molecule has 0 amide bonds. The van der Waals surface area contributed by atoms with Gasteiger partial charge >= 0.3 is 0 Å². The van der Waals surface area contributed by atoms with Gasteiger partial charge in [0.2, 0.25) is 0 Å². The van der Waals surface area contributed by atoms with E-state index in [9.17, 15) is 4.79 Å². The van der Waals surface area contributed by atoms with Gasteiger partial charge in [-0.3, -0.25) is 14.3 Å². The summed E-state index contributed by atoms with van der Waals surface area (Å²) in [5.74, 6) is 2.95. The van der Waals surface area contributed by atoms with Crippen LogP contribution in [0.4, 0.5) is 5.82 Å². The van der Waals surface area contributed by atoms with Crippen molar-refractivity contribution in [3.05, 3.63) is 58.3 Å². The molecule has 1 atom stereocenters. The van der Waals surface area contributed by atoms with Crippen LogP contribution in [0.3, 0.4) is 0 Å². The van der Waals surface area contributed by atoms with Crippen LogP contribution >= 0.6 is 11.8 Å². The van der Waals surface area contributed by atoms with Gasteiger partial charge in [-0.2, -0.15) is 0 Å². The number of aromatic nitrogens is 7. The van der Waals surface area contributed by atoms with Gasteiger partial charge in [0.15, 0.2) is 17.3 Å². The van der Waals surface area contributed by atoms with Crippen molar-refractivity contribution >= 4 is 28.7 Å². The van der Waals surface area contributed by atoms with E-state index in [2.05, 4.69) is 59.0 Å². The van der Waals surface area contributed by atoms with E-state index in [1.54, 1.807) is 28.9 Å². The van der Waals surface area contributed by atoms with Gasteiger partial charge in [0.1, 0.15) is 11.8 Å². The third kappa shape index (κ3) is 5.26. The molecule has 0 bridgehead atoms. The Morgan fingerprint density at radius 2 is 1.69 bits per heavy atom. The maximum atomic E-state index is 13.8. The highest BCUT2D eigenvalue weighted by Crippen LogP contribution is 2.48. The molecule has 9 nitrogen and oxygen atoms in total. The summed E-state index contributed by atoms with van der Waals surface area (Å²) in [6, 6.07) is 3.94. The fourth-order valence-corrected chi connectivity index (χ4v) is 5.45. The Morgan fingerprint density at radius 3 is 2.28 bits per heavy atom. The summed E-state index contributed by atoms with van der Waals surface area (Å²) < 4.78 is 1.77. The Labute approximate surface area is 232 Å². The molecule has 0 unspecified atom stereocenters. The molecule has 0 aromatic carbocycles. The van der Waals surface area contributed by atoms with Crippen molar-refractivity contribution in [1.82, 2.24) is 34.5 Å². The molecule has 2 aliphatic rings. The van der Waals surface area contributed by atoms with Crippen LogP contribution in [0.25, 0.3) is 22.6 Å². The molecule has 1 N–H and O–H groups in total. The highest BCUT2D eigenvalue weighted by atomic mass is 32.2. The van der Waals surface area contributed by atoms with Gasteiger partial charge in [-0.1, -0.05) is 20.8 Å². The van der Waals surface area contributed by atoms with Crippen LogP contribution in [0, 0.1) is 5.92 Å². The van der Waals surface area contributed by atoms with Gasteiger partial charge in [-0.25, -0.2) is 24.9 Å². The zero-order chi connectivity index (χ0) is 27.1. The first-order valence-electron chi connectivity index (χ1n) is 13.9. The topological polar surface area (TPSA) is 111 Å². The zero-order valence-corrected chi connectivity index (χ0v) is 23.7. The second kappa shape index (κ2) is 10.6. The number of nitrogens with zero attached hydrogens (tertiary/aromatic N) is 7. The molecule has 4 aromatic rings. The van der Waals surface area contributed by atoms with Crippen LogP contribution in [0.15, 0.2) is 40.5 Å². The summed E-state index contributed by atoms with van der Waals surface area (Å²) in [5, 5.41) is 3.23. The Kier molecular flexibility index (Phi) is 7.05. The molecule has 0 radical (unpaired) electrons. The molecule has 4 heterocycles. The SMILES string of the molecule is CCSc1ccc(CNc2nc3cnc(-c4c(C5CC5)ncnc4C4CC4)nc3n([C@@H](C)C(C)C)c2=O)nc1. The third-order valence-electron chi connectivity index (χ3n) is 7.61. The molecule has 202 valence electrons. The number of nitrogens with one attached hydrogen (secondary N) is 1. The lowest BCUT2D eigenvalue weighted by Crippen LogP contribution is -2.30. The molecule has 4 aromatic heterocycles. The highest BCUT2D eigenvalue weighted by molar-refractivity contribution is 7.99. The van der Waals surface area contributed by atoms with E-state index < -0.39 is 0 Å². The standard InChI is InChI=1S/C29H34N8OS/c1-5-39-21-11-10-20(30-13-21)12-31-27-29(38)37(17(4)16(2)3)28-22(35-27)14-32-26(36-28)23-24(18-6-7-18)33-15-34-25(23)19-8-9-19/h10-11,13-19H,5-9,12H2,1-4H3,(H,31,35)/t17-/m0/s1. The predicted molar refractivity (Wildman–Crippen MR) is 154 cm³/mol. The van der Waals surface area contributed by atoms with Crippen molar-refractivity contribution in [2.24, 2.45) is 5.92 Å². The number of fused-ring (bicyclic) bond motifs is 1. The minimum Gasteiger partial charge on any atom is -0.360 e. The number of pyridine rings is 1. The number of thioether (sulfide) groups is 1.